The lowest BCUT2D eigenvalue weighted by Gasteiger charge is -2.27. The van der Waals surface area contributed by atoms with Gasteiger partial charge in [-0.3, -0.25) is 4.90 Å². The zero-order valence-corrected chi connectivity index (χ0v) is 21.6. The van der Waals surface area contributed by atoms with Crippen LogP contribution in [0.25, 0.3) is 0 Å². The molecule has 38 heavy (non-hydrogen) atoms. The first kappa shape index (κ1) is 27.1. The summed E-state index contributed by atoms with van der Waals surface area (Å²) in [7, 11) is 4.16. The second-order valence-electron chi connectivity index (χ2n) is 8.35. The molecule has 0 saturated carbocycles. The van der Waals surface area contributed by atoms with Crippen LogP contribution in [0.1, 0.15) is 5.56 Å². The number of benzene rings is 2. The van der Waals surface area contributed by atoms with Crippen LogP contribution in [0.3, 0.4) is 0 Å². The molecule has 204 valence electrons. The highest BCUT2D eigenvalue weighted by molar-refractivity contribution is 5.59. The van der Waals surface area contributed by atoms with Gasteiger partial charge in [0.05, 0.1) is 39.3 Å². The minimum absolute atomic E-state index is 0.149. The molecule has 4 rings (SSSR count). The highest BCUT2D eigenvalue weighted by Crippen LogP contribution is 2.33. The molecule has 2 aromatic carbocycles. The number of halogens is 2. The molecule has 0 unspecified atom stereocenters. The van der Waals surface area contributed by atoms with Crippen LogP contribution in [0.2, 0.25) is 0 Å². The number of piperazine rings is 1. The van der Waals surface area contributed by atoms with Gasteiger partial charge in [0, 0.05) is 50.5 Å². The molecule has 10 nitrogen and oxygen atoms in total. The summed E-state index contributed by atoms with van der Waals surface area (Å²) in [6.45, 7) is 4.90. The van der Waals surface area contributed by atoms with Gasteiger partial charge in [0.2, 0.25) is 5.95 Å². The lowest BCUT2D eigenvalue weighted by atomic mass is 10.1. The number of aromatic nitrogens is 2. The molecule has 0 atom stereocenters. The van der Waals surface area contributed by atoms with Gasteiger partial charge in [0.25, 0.3) is 0 Å². The average Bonchev–Trinajstić information content (AvgIpc) is 2.95. The van der Waals surface area contributed by atoms with Gasteiger partial charge >= 0.3 is 0 Å². The van der Waals surface area contributed by atoms with E-state index in [1.54, 1.807) is 13.2 Å². The van der Waals surface area contributed by atoms with Gasteiger partial charge < -0.3 is 34.3 Å². The third kappa shape index (κ3) is 6.69. The maximum Gasteiger partial charge on any atom is 0.227 e. The van der Waals surface area contributed by atoms with Crippen molar-refractivity contribution < 1.29 is 32.5 Å². The summed E-state index contributed by atoms with van der Waals surface area (Å²) in [5.74, 6) is -0.281. The van der Waals surface area contributed by atoms with E-state index in [-0.39, 0.29) is 22.8 Å². The molecule has 1 saturated heterocycles. The van der Waals surface area contributed by atoms with Gasteiger partial charge in [0.15, 0.2) is 40.4 Å². The van der Waals surface area contributed by atoms with Crippen molar-refractivity contribution in [3.05, 3.63) is 53.9 Å². The number of ether oxygens (including phenoxy) is 5. The smallest absolute Gasteiger partial charge is 0.227 e. The van der Waals surface area contributed by atoms with Gasteiger partial charge in [-0.25, -0.2) is 18.7 Å². The molecule has 2 heterocycles. The van der Waals surface area contributed by atoms with E-state index in [0.717, 1.165) is 38.8 Å². The summed E-state index contributed by atoms with van der Waals surface area (Å²) in [6.07, 6.45) is 2.80. The number of nitrogens with zero attached hydrogens (tertiary/aromatic N) is 3. The fraction of sp³-hybridized carbons (Fsp3) is 0.385. The molecule has 2 N–H and O–H groups in total. The molecule has 1 fully saturated rings. The monoisotopic (exact) mass is 531 g/mol. The van der Waals surface area contributed by atoms with E-state index in [1.165, 1.54) is 26.6 Å². The number of rotatable bonds is 12. The van der Waals surface area contributed by atoms with E-state index in [4.69, 9.17) is 23.7 Å². The van der Waals surface area contributed by atoms with Crippen LogP contribution in [0.15, 0.2) is 36.7 Å². The first-order valence-corrected chi connectivity index (χ1v) is 12.1. The number of hydrogen-bond donors (Lipinski definition) is 2. The molecule has 1 aliphatic rings. The maximum absolute atomic E-state index is 14.6. The van der Waals surface area contributed by atoms with Gasteiger partial charge in [-0.2, -0.15) is 0 Å². The summed E-state index contributed by atoms with van der Waals surface area (Å²) in [5.41, 5.74) is 0.371. The molecule has 0 aliphatic carbocycles. The Morgan fingerprint density at radius 3 is 2.16 bits per heavy atom. The van der Waals surface area contributed by atoms with E-state index in [0.29, 0.717) is 29.7 Å². The predicted molar refractivity (Wildman–Crippen MR) is 137 cm³/mol. The Kier molecular flexibility index (Phi) is 9.33. The molecule has 0 amide bonds. The molecule has 1 aliphatic heterocycles. The largest absolute Gasteiger partial charge is 0.494 e. The first-order chi connectivity index (χ1) is 18.5. The van der Waals surface area contributed by atoms with E-state index < -0.39 is 18.2 Å². The zero-order valence-electron chi connectivity index (χ0n) is 21.6. The Labute approximate surface area is 219 Å². The Bertz CT molecular complexity index is 1180. The highest BCUT2D eigenvalue weighted by atomic mass is 19.1. The summed E-state index contributed by atoms with van der Waals surface area (Å²) >= 11 is 0. The Hall–Kier alpha value is -3.90. The van der Waals surface area contributed by atoms with Crippen LogP contribution in [-0.4, -0.2) is 75.5 Å². The number of hydrogen-bond acceptors (Lipinski definition) is 10. The molecule has 1 aromatic heterocycles. The minimum Gasteiger partial charge on any atom is -0.494 e. The van der Waals surface area contributed by atoms with Gasteiger partial charge in [0.1, 0.15) is 13.2 Å². The van der Waals surface area contributed by atoms with E-state index in [2.05, 4.69) is 25.5 Å². The molecule has 3 aromatic rings. The Morgan fingerprint density at radius 1 is 0.868 bits per heavy atom. The van der Waals surface area contributed by atoms with Crippen LogP contribution in [0, 0.1) is 11.6 Å². The van der Waals surface area contributed by atoms with Gasteiger partial charge in [-0.15, -0.1) is 0 Å². The predicted octanol–water partition coefficient (Wildman–Crippen LogP) is 3.39. The van der Waals surface area contributed by atoms with Gasteiger partial charge in [-0.1, -0.05) is 0 Å². The summed E-state index contributed by atoms with van der Waals surface area (Å²) in [5, 5.41) is 6.43. The maximum atomic E-state index is 14.6. The SMILES string of the molecule is COc1ccc(Nc2ncc(OCc3c(F)c(OC)cc(OC)c3F)cn2)cc1OCCN1CCNCC1. The third-order valence-corrected chi connectivity index (χ3v) is 5.97. The fourth-order valence-corrected chi connectivity index (χ4v) is 3.89. The summed E-state index contributed by atoms with van der Waals surface area (Å²) in [6, 6.07) is 6.56. The van der Waals surface area contributed by atoms with Crippen molar-refractivity contribution in [2.45, 2.75) is 6.61 Å². The molecular weight excluding hydrogens is 500 g/mol. The Morgan fingerprint density at radius 2 is 1.53 bits per heavy atom. The van der Waals surface area contributed by atoms with Crippen LogP contribution in [0.4, 0.5) is 20.4 Å². The van der Waals surface area contributed by atoms with E-state index >= 15 is 0 Å². The van der Waals surface area contributed by atoms with E-state index in [9.17, 15) is 8.78 Å². The first-order valence-electron chi connectivity index (χ1n) is 12.1. The normalized spacial score (nSPS) is 13.6. The van der Waals surface area contributed by atoms with Gasteiger partial charge in [-0.05, 0) is 12.1 Å². The van der Waals surface area contributed by atoms with E-state index in [1.807, 2.05) is 12.1 Å². The highest BCUT2D eigenvalue weighted by Gasteiger charge is 2.20. The number of methoxy groups -OCH3 is 3. The molecule has 0 radical (unpaired) electrons. The van der Waals surface area contributed by atoms with Crippen molar-refractivity contribution in [3.8, 4) is 28.7 Å². The van der Waals surface area contributed by atoms with Crippen molar-refractivity contribution in [2.24, 2.45) is 0 Å². The number of nitrogens with one attached hydrogen (secondary N) is 2. The molecule has 0 spiro atoms. The topological polar surface area (TPSA) is 99.2 Å². The quantitative estimate of drug-likeness (QED) is 0.362. The van der Waals surface area contributed by atoms with Crippen LogP contribution in [0.5, 0.6) is 28.7 Å². The Balaban J connectivity index is 1.37. The summed E-state index contributed by atoms with van der Waals surface area (Å²) < 4.78 is 55.9. The second-order valence-corrected chi connectivity index (χ2v) is 8.35. The van der Waals surface area contributed by atoms with Crippen molar-refractivity contribution in [1.29, 1.82) is 0 Å². The standard InChI is InChI=1S/C26H31F2N5O5/c1-34-20-5-4-17(12-21(20)37-11-10-33-8-6-29-7-9-33)32-26-30-14-18(15-31-26)38-16-19-24(27)22(35-2)13-23(36-3)25(19)28/h4-5,12-15,29H,6-11,16H2,1-3H3,(H,30,31,32). The van der Waals surface area contributed by atoms with Crippen molar-refractivity contribution in [2.75, 3.05) is 66.0 Å². The van der Waals surface area contributed by atoms with Crippen molar-refractivity contribution in [1.82, 2.24) is 20.2 Å². The van der Waals surface area contributed by atoms with Crippen LogP contribution in [-0.2, 0) is 6.61 Å². The molecule has 12 heteroatoms. The van der Waals surface area contributed by atoms with Crippen LogP contribution >= 0.6 is 0 Å². The lowest BCUT2D eigenvalue weighted by molar-refractivity contribution is 0.188. The number of anilines is 2. The summed E-state index contributed by atoms with van der Waals surface area (Å²) in [4.78, 5) is 10.8. The van der Waals surface area contributed by atoms with Crippen molar-refractivity contribution >= 4 is 11.6 Å². The molecule has 0 bridgehead atoms. The zero-order chi connectivity index (χ0) is 26.9. The van der Waals surface area contributed by atoms with Crippen LogP contribution < -0.4 is 34.3 Å². The third-order valence-electron chi connectivity index (χ3n) is 5.97. The fourth-order valence-electron chi connectivity index (χ4n) is 3.89. The average molecular weight is 532 g/mol. The second kappa shape index (κ2) is 13.1. The molecular formula is C26H31F2N5O5. The van der Waals surface area contributed by atoms with Crippen molar-refractivity contribution in [3.63, 3.8) is 0 Å². The minimum atomic E-state index is -0.865. The lowest BCUT2D eigenvalue weighted by Crippen LogP contribution is -2.44.